The van der Waals surface area contributed by atoms with Crippen LogP contribution in [0.1, 0.15) is 5.56 Å². The highest BCUT2D eigenvalue weighted by Gasteiger charge is 2.43. The summed E-state index contributed by atoms with van der Waals surface area (Å²) in [4.78, 5) is 27.4. The summed E-state index contributed by atoms with van der Waals surface area (Å²) in [6, 6.07) is 5.02. The van der Waals surface area contributed by atoms with Crippen LogP contribution in [-0.4, -0.2) is 33.7 Å². The van der Waals surface area contributed by atoms with E-state index in [1.54, 1.807) is 0 Å². The first-order valence-corrected chi connectivity index (χ1v) is 9.51. The number of aliphatic carboxylic acids is 1. The van der Waals surface area contributed by atoms with E-state index >= 15 is 0 Å². The summed E-state index contributed by atoms with van der Waals surface area (Å²) in [6.45, 7) is -0.0575. The second kappa shape index (κ2) is 8.58. The van der Waals surface area contributed by atoms with Gasteiger partial charge in [0.05, 0.1) is 27.3 Å². The molecule has 1 aliphatic heterocycles. The molecule has 0 saturated carbocycles. The Morgan fingerprint density at radius 3 is 2.58 bits per heavy atom. The average Bonchev–Trinajstić information content (AvgIpc) is 2.65. The molecule has 2 heterocycles. The van der Waals surface area contributed by atoms with Crippen molar-refractivity contribution in [3.63, 3.8) is 0 Å². The Hall–Kier alpha value is -2.46. The summed E-state index contributed by atoms with van der Waals surface area (Å²) in [5, 5.41) is 15.1. The molecular weight excluding hydrogens is 477 g/mol. The number of carboxylic acid groups (broad SMARTS) is 1. The zero-order valence-corrected chi connectivity index (χ0v) is 17.9. The van der Waals surface area contributed by atoms with Gasteiger partial charge in [-0.05, 0) is 24.3 Å². The lowest BCUT2D eigenvalue weighted by Gasteiger charge is -2.45. The summed E-state index contributed by atoms with van der Waals surface area (Å²) in [6.07, 6.45) is 0.980. The second-order valence-electron chi connectivity index (χ2n) is 6.95. The lowest BCUT2D eigenvalue weighted by Crippen LogP contribution is -2.62. The zero-order valence-electron chi connectivity index (χ0n) is 15.6. The van der Waals surface area contributed by atoms with Crippen LogP contribution in [0, 0.1) is 11.6 Å². The predicted octanol–water partition coefficient (Wildman–Crippen LogP) is 3.40. The number of aromatic nitrogens is 2. The van der Waals surface area contributed by atoms with Crippen molar-refractivity contribution in [1.29, 1.82) is 0 Å². The summed E-state index contributed by atoms with van der Waals surface area (Å²) in [5.41, 5.74) is -1.61. The summed E-state index contributed by atoms with van der Waals surface area (Å²) in [7, 11) is 0. The van der Waals surface area contributed by atoms with Gasteiger partial charge >= 0.3 is 5.97 Å². The standard InChI is InChI=1S/C19H14Cl2F2N4O3.ClH/c20-11-1-2-12(22)15(16(11)21)19(6-24-7-19)26-9-3-10-17(13(23)4-9)25-8-27(18(10)30)5-14(28)29;/h1-4,8,24,26H,5-7H2,(H,28,29);1H. The van der Waals surface area contributed by atoms with Gasteiger partial charge in [-0.25, -0.2) is 13.8 Å². The van der Waals surface area contributed by atoms with Gasteiger partial charge in [-0.3, -0.25) is 14.2 Å². The molecule has 12 heteroatoms. The Morgan fingerprint density at radius 1 is 1.26 bits per heavy atom. The fourth-order valence-corrected chi connectivity index (χ4v) is 3.99. The van der Waals surface area contributed by atoms with E-state index in [-0.39, 0.29) is 57.7 Å². The van der Waals surface area contributed by atoms with Gasteiger partial charge in [-0.2, -0.15) is 0 Å². The number of benzene rings is 2. The highest BCUT2D eigenvalue weighted by atomic mass is 35.5. The van der Waals surface area contributed by atoms with Gasteiger partial charge < -0.3 is 15.7 Å². The van der Waals surface area contributed by atoms with Gasteiger partial charge in [0.1, 0.15) is 17.9 Å². The van der Waals surface area contributed by atoms with Crippen LogP contribution in [0.15, 0.2) is 35.4 Å². The highest BCUT2D eigenvalue weighted by molar-refractivity contribution is 6.42. The van der Waals surface area contributed by atoms with Crippen LogP contribution in [0.5, 0.6) is 0 Å². The minimum absolute atomic E-state index is 0. The molecule has 3 aromatic rings. The maximum atomic E-state index is 14.6. The number of nitrogens with one attached hydrogen (secondary N) is 2. The molecule has 0 bridgehead atoms. The number of anilines is 1. The van der Waals surface area contributed by atoms with Crippen molar-refractivity contribution in [2.75, 3.05) is 18.4 Å². The molecular formula is C19H15Cl3F2N4O3. The first kappa shape index (κ1) is 23.2. The van der Waals surface area contributed by atoms with Crippen LogP contribution in [0.2, 0.25) is 10.0 Å². The first-order valence-electron chi connectivity index (χ1n) is 8.75. The van der Waals surface area contributed by atoms with Crippen molar-refractivity contribution in [2.24, 2.45) is 0 Å². The van der Waals surface area contributed by atoms with Crippen LogP contribution >= 0.6 is 35.6 Å². The van der Waals surface area contributed by atoms with Crippen molar-refractivity contribution in [1.82, 2.24) is 14.9 Å². The van der Waals surface area contributed by atoms with E-state index < -0.39 is 35.2 Å². The van der Waals surface area contributed by atoms with Crippen LogP contribution < -0.4 is 16.2 Å². The lowest BCUT2D eigenvalue weighted by atomic mass is 9.83. The van der Waals surface area contributed by atoms with Gasteiger partial charge in [0, 0.05) is 24.3 Å². The topological polar surface area (TPSA) is 96.2 Å². The number of fused-ring (bicyclic) bond motifs is 1. The molecule has 1 aliphatic rings. The molecule has 7 nitrogen and oxygen atoms in total. The molecule has 2 aromatic carbocycles. The van der Waals surface area contributed by atoms with E-state index in [0.29, 0.717) is 0 Å². The number of carboxylic acids is 1. The van der Waals surface area contributed by atoms with E-state index in [2.05, 4.69) is 15.6 Å². The number of nitrogens with zero attached hydrogens (tertiary/aromatic N) is 2. The van der Waals surface area contributed by atoms with Gasteiger partial charge in [-0.15, -0.1) is 12.4 Å². The molecule has 164 valence electrons. The summed E-state index contributed by atoms with van der Waals surface area (Å²) >= 11 is 12.3. The molecule has 0 radical (unpaired) electrons. The van der Waals surface area contributed by atoms with E-state index in [9.17, 15) is 18.4 Å². The monoisotopic (exact) mass is 490 g/mol. The van der Waals surface area contributed by atoms with Gasteiger partial charge in [-0.1, -0.05) is 23.2 Å². The maximum absolute atomic E-state index is 14.6. The maximum Gasteiger partial charge on any atom is 0.323 e. The van der Waals surface area contributed by atoms with Gasteiger partial charge in [0.25, 0.3) is 5.56 Å². The second-order valence-corrected chi connectivity index (χ2v) is 7.74. The number of hydrogen-bond donors (Lipinski definition) is 3. The number of rotatable bonds is 5. The van der Waals surface area contributed by atoms with Crippen molar-refractivity contribution in [3.05, 3.63) is 68.2 Å². The Bertz CT molecular complexity index is 1250. The first-order chi connectivity index (χ1) is 14.2. The number of halogens is 5. The molecule has 0 unspecified atom stereocenters. The fraction of sp³-hybridized carbons (Fsp3) is 0.211. The van der Waals surface area contributed by atoms with Crippen molar-refractivity contribution < 1.29 is 18.7 Å². The largest absolute Gasteiger partial charge is 0.480 e. The van der Waals surface area contributed by atoms with Gasteiger partial charge in [0.2, 0.25) is 0 Å². The predicted molar refractivity (Wildman–Crippen MR) is 115 cm³/mol. The van der Waals surface area contributed by atoms with Crippen LogP contribution in [-0.2, 0) is 16.9 Å². The quantitative estimate of drug-likeness (QED) is 0.474. The number of carbonyl (C=O) groups is 1. The van der Waals surface area contributed by atoms with Crippen molar-refractivity contribution >= 4 is 58.2 Å². The molecule has 0 aliphatic carbocycles. The number of hydrogen-bond acceptors (Lipinski definition) is 5. The third kappa shape index (κ3) is 4.06. The van der Waals surface area contributed by atoms with Crippen molar-refractivity contribution in [3.8, 4) is 0 Å². The molecule has 0 atom stereocenters. The van der Waals surface area contributed by atoms with Crippen LogP contribution in [0.3, 0.4) is 0 Å². The molecule has 3 N–H and O–H groups in total. The lowest BCUT2D eigenvalue weighted by molar-refractivity contribution is -0.137. The Kier molecular flexibility index (Phi) is 6.43. The van der Waals surface area contributed by atoms with Crippen molar-refractivity contribution in [2.45, 2.75) is 12.1 Å². The molecule has 0 amide bonds. The minimum Gasteiger partial charge on any atom is -0.480 e. The van der Waals surface area contributed by atoms with E-state index in [1.165, 1.54) is 18.2 Å². The van der Waals surface area contributed by atoms with Crippen LogP contribution in [0.25, 0.3) is 10.9 Å². The normalized spacial score (nSPS) is 14.6. The molecule has 1 aromatic heterocycles. The van der Waals surface area contributed by atoms with Crippen LogP contribution in [0.4, 0.5) is 14.5 Å². The van der Waals surface area contributed by atoms with E-state index in [4.69, 9.17) is 28.3 Å². The molecule has 4 rings (SSSR count). The summed E-state index contributed by atoms with van der Waals surface area (Å²) < 4.78 is 30.1. The van der Waals surface area contributed by atoms with Gasteiger partial charge in [0.15, 0.2) is 5.82 Å². The molecule has 0 spiro atoms. The highest BCUT2D eigenvalue weighted by Crippen LogP contribution is 2.40. The molecule has 31 heavy (non-hydrogen) atoms. The smallest absolute Gasteiger partial charge is 0.323 e. The van der Waals surface area contributed by atoms with E-state index in [1.807, 2.05) is 0 Å². The Balaban J connectivity index is 0.00000272. The fourth-order valence-electron chi connectivity index (χ4n) is 3.50. The zero-order chi connectivity index (χ0) is 21.6. The molecule has 1 saturated heterocycles. The third-order valence-electron chi connectivity index (χ3n) is 4.95. The molecule has 1 fully saturated rings. The minimum atomic E-state index is -1.24. The summed E-state index contributed by atoms with van der Waals surface area (Å²) in [5.74, 6) is -2.60. The Labute approximate surface area is 190 Å². The van der Waals surface area contributed by atoms with E-state index in [0.717, 1.165) is 17.0 Å². The average molecular weight is 492 g/mol. The SMILES string of the molecule is Cl.O=C(O)Cn1cnc2c(F)cc(NC3(c4c(F)ccc(Cl)c4Cl)CNC3)cc2c1=O. The Morgan fingerprint density at radius 2 is 1.97 bits per heavy atom. The third-order valence-corrected chi connectivity index (χ3v) is 5.75.